The van der Waals surface area contributed by atoms with Crippen molar-refractivity contribution in [1.29, 1.82) is 0 Å². The molecule has 0 spiro atoms. The summed E-state index contributed by atoms with van der Waals surface area (Å²) in [4.78, 5) is 24.3. The van der Waals surface area contributed by atoms with E-state index >= 15 is 0 Å². The molecular formula is C21H16N2O3. The molecule has 0 bridgehead atoms. The number of anilines is 1. The molecule has 5 nitrogen and oxygen atoms in total. The minimum absolute atomic E-state index is 0.0440. The van der Waals surface area contributed by atoms with Gasteiger partial charge in [-0.05, 0) is 28.5 Å². The Morgan fingerprint density at radius 1 is 0.885 bits per heavy atom. The van der Waals surface area contributed by atoms with Crippen molar-refractivity contribution in [2.24, 2.45) is 5.73 Å². The van der Waals surface area contributed by atoms with Crippen LogP contribution in [0.4, 0.5) is 5.69 Å². The monoisotopic (exact) mass is 344 g/mol. The Hall–Kier alpha value is -3.60. The summed E-state index contributed by atoms with van der Waals surface area (Å²) in [6.45, 7) is 0. The first-order valence-electron chi connectivity index (χ1n) is 8.21. The molecule has 0 atom stereocenters. The third-order valence-corrected chi connectivity index (χ3v) is 4.31. The van der Waals surface area contributed by atoms with Gasteiger partial charge in [-0.25, -0.2) is 0 Å². The molecule has 0 saturated carbocycles. The summed E-state index contributed by atoms with van der Waals surface area (Å²) in [5.41, 5.74) is 7.13. The fraction of sp³-hybridized carbons (Fsp3) is 0.0476. The van der Waals surface area contributed by atoms with E-state index in [4.69, 9.17) is 10.2 Å². The van der Waals surface area contributed by atoms with Gasteiger partial charge in [0.15, 0.2) is 0 Å². The molecule has 0 fully saturated rings. The standard InChI is InChI=1S/C21H16N2O3/c22-21(25)20-19(16-10-3-4-11-17(16)26-20)23-18(24)12-14-8-5-7-13-6-1-2-9-15(13)14/h1-11H,12H2,(H2,22,25)(H,23,24). The zero-order valence-corrected chi connectivity index (χ0v) is 13.9. The Labute approximate surface area is 149 Å². The van der Waals surface area contributed by atoms with E-state index in [0.717, 1.165) is 16.3 Å². The third kappa shape index (κ3) is 2.80. The number of carbonyl (C=O) groups is 2. The van der Waals surface area contributed by atoms with Crippen LogP contribution < -0.4 is 11.1 Å². The molecule has 2 amide bonds. The lowest BCUT2D eigenvalue weighted by Gasteiger charge is -2.08. The van der Waals surface area contributed by atoms with Gasteiger partial charge in [0.25, 0.3) is 5.91 Å². The van der Waals surface area contributed by atoms with Crippen LogP contribution >= 0.6 is 0 Å². The minimum Gasteiger partial charge on any atom is -0.449 e. The second kappa shape index (κ2) is 6.37. The first-order chi connectivity index (χ1) is 12.6. The predicted molar refractivity (Wildman–Crippen MR) is 101 cm³/mol. The van der Waals surface area contributed by atoms with E-state index in [-0.39, 0.29) is 18.1 Å². The molecular weight excluding hydrogens is 328 g/mol. The number of furan rings is 1. The fourth-order valence-corrected chi connectivity index (χ4v) is 3.15. The van der Waals surface area contributed by atoms with Crippen LogP contribution in [0.2, 0.25) is 0 Å². The van der Waals surface area contributed by atoms with Gasteiger partial charge in [-0.2, -0.15) is 0 Å². The van der Waals surface area contributed by atoms with Crippen LogP contribution in [0.5, 0.6) is 0 Å². The highest BCUT2D eigenvalue weighted by Crippen LogP contribution is 2.31. The summed E-state index contributed by atoms with van der Waals surface area (Å²) in [5.74, 6) is -1.01. The van der Waals surface area contributed by atoms with E-state index in [0.29, 0.717) is 16.7 Å². The topological polar surface area (TPSA) is 85.3 Å². The van der Waals surface area contributed by atoms with Gasteiger partial charge < -0.3 is 15.5 Å². The normalized spacial score (nSPS) is 10.9. The molecule has 0 saturated heterocycles. The second-order valence-corrected chi connectivity index (χ2v) is 6.03. The first-order valence-corrected chi connectivity index (χ1v) is 8.21. The van der Waals surface area contributed by atoms with Crippen molar-refractivity contribution < 1.29 is 14.0 Å². The van der Waals surface area contributed by atoms with E-state index in [1.54, 1.807) is 18.2 Å². The van der Waals surface area contributed by atoms with Gasteiger partial charge in [0.2, 0.25) is 11.7 Å². The first kappa shape index (κ1) is 15.9. The number of para-hydroxylation sites is 1. The van der Waals surface area contributed by atoms with E-state index < -0.39 is 5.91 Å². The van der Waals surface area contributed by atoms with Crippen molar-refractivity contribution in [3.05, 3.63) is 78.1 Å². The molecule has 4 aromatic rings. The highest BCUT2D eigenvalue weighted by molar-refractivity contribution is 6.11. The SMILES string of the molecule is NC(=O)c1oc2ccccc2c1NC(=O)Cc1cccc2ccccc12. The number of carbonyl (C=O) groups excluding carboxylic acids is 2. The van der Waals surface area contributed by atoms with Crippen molar-refractivity contribution >= 4 is 39.2 Å². The quantitative estimate of drug-likeness (QED) is 0.589. The predicted octanol–water partition coefficient (Wildman–Crippen LogP) is 3.87. The van der Waals surface area contributed by atoms with Crippen LogP contribution in [-0.2, 0) is 11.2 Å². The largest absolute Gasteiger partial charge is 0.449 e. The molecule has 5 heteroatoms. The van der Waals surface area contributed by atoms with Gasteiger partial charge in [0, 0.05) is 5.39 Å². The molecule has 1 heterocycles. The lowest BCUT2D eigenvalue weighted by Crippen LogP contribution is -2.18. The number of primary amides is 1. The van der Waals surface area contributed by atoms with Crippen molar-refractivity contribution in [3.8, 4) is 0 Å². The lowest BCUT2D eigenvalue weighted by molar-refractivity contribution is -0.115. The number of fused-ring (bicyclic) bond motifs is 2. The maximum Gasteiger partial charge on any atom is 0.286 e. The van der Waals surface area contributed by atoms with Crippen molar-refractivity contribution in [1.82, 2.24) is 0 Å². The molecule has 128 valence electrons. The Balaban J connectivity index is 1.67. The maximum atomic E-state index is 12.6. The van der Waals surface area contributed by atoms with E-state index in [1.807, 2.05) is 48.5 Å². The Morgan fingerprint density at radius 3 is 2.38 bits per heavy atom. The zero-order chi connectivity index (χ0) is 18.1. The van der Waals surface area contributed by atoms with Gasteiger partial charge in [-0.3, -0.25) is 9.59 Å². The summed E-state index contributed by atoms with van der Waals surface area (Å²) in [6.07, 6.45) is 0.180. The molecule has 3 aromatic carbocycles. The number of benzene rings is 3. The van der Waals surface area contributed by atoms with Crippen molar-refractivity contribution in [2.75, 3.05) is 5.32 Å². The van der Waals surface area contributed by atoms with E-state index in [1.165, 1.54) is 0 Å². The number of amides is 2. The van der Waals surface area contributed by atoms with Crippen molar-refractivity contribution in [2.45, 2.75) is 6.42 Å². The van der Waals surface area contributed by atoms with Gasteiger partial charge in [-0.1, -0.05) is 54.6 Å². The molecule has 0 unspecified atom stereocenters. The number of nitrogens with two attached hydrogens (primary N) is 1. The zero-order valence-electron chi connectivity index (χ0n) is 13.9. The molecule has 0 radical (unpaired) electrons. The Kier molecular flexibility index (Phi) is 3.89. The Bertz CT molecular complexity index is 1140. The highest BCUT2D eigenvalue weighted by Gasteiger charge is 2.20. The number of nitrogens with one attached hydrogen (secondary N) is 1. The molecule has 0 aliphatic carbocycles. The molecule has 0 aliphatic heterocycles. The molecule has 0 aliphatic rings. The van der Waals surface area contributed by atoms with Crippen LogP contribution in [0.25, 0.3) is 21.7 Å². The smallest absolute Gasteiger partial charge is 0.286 e. The number of hydrogen-bond acceptors (Lipinski definition) is 3. The van der Waals surface area contributed by atoms with Crippen LogP contribution in [0.1, 0.15) is 16.1 Å². The van der Waals surface area contributed by atoms with Crippen LogP contribution in [0.3, 0.4) is 0 Å². The van der Waals surface area contributed by atoms with Gasteiger partial charge >= 0.3 is 0 Å². The molecule has 4 rings (SSSR count). The Morgan fingerprint density at radius 2 is 1.58 bits per heavy atom. The minimum atomic E-state index is -0.721. The number of rotatable bonds is 4. The van der Waals surface area contributed by atoms with Crippen LogP contribution in [-0.4, -0.2) is 11.8 Å². The summed E-state index contributed by atoms with van der Waals surface area (Å²) in [6, 6.07) is 20.8. The third-order valence-electron chi connectivity index (χ3n) is 4.31. The average Bonchev–Trinajstić information content (AvgIpc) is 3.01. The molecule has 26 heavy (non-hydrogen) atoms. The maximum absolute atomic E-state index is 12.6. The van der Waals surface area contributed by atoms with E-state index in [9.17, 15) is 9.59 Å². The molecule has 3 N–H and O–H groups in total. The second-order valence-electron chi connectivity index (χ2n) is 6.03. The summed E-state index contributed by atoms with van der Waals surface area (Å²) >= 11 is 0. The summed E-state index contributed by atoms with van der Waals surface area (Å²) in [5, 5.41) is 5.54. The highest BCUT2D eigenvalue weighted by atomic mass is 16.3. The van der Waals surface area contributed by atoms with Gasteiger partial charge in [-0.15, -0.1) is 0 Å². The van der Waals surface area contributed by atoms with Crippen molar-refractivity contribution in [3.63, 3.8) is 0 Å². The molecule has 1 aromatic heterocycles. The average molecular weight is 344 g/mol. The van der Waals surface area contributed by atoms with Crippen LogP contribution in [0.15, 0.2) is 71.1 Å². The fourth-order valence-electron chi connectivity index (χ4n) is 3.15. The summed E-state index contributed by atoms with van der Waals surface area (Å²) < 4.78 is 5.49. The van der Waals surface area contributed by atoms with Gasteiger partial charge in [0.1, 0.15) is 11.3 Å². The summed E-state index contributed by atoms with van der Waals surface area (Å²) in [7, 11) is 0. The number of hydrogen-bond donors (Lipinski definition) is 2. The van der Waals surface area contributed by atoms with E-state index in [2.05, 4.69) is 5.32 Å². The van der Waals surface area contributed by atoms with Crippen LogP contribution in [0, 0.1) is 0 Å². The lowest BCUT2D eigenvalue weighted by atomic mass is 10.0. The van der Waals surface area contributed by atoms with Gasteiger partial charge in [0.05, 0.1) is 6.42 Å².